The van der Waals surface area contributed by atoms with Crippen LogP contribution in [0.1, 0.15) is 38.9 Å². The molecule has 0 spiro atoms. The summed E-state index contributed by atoms with van der Waals surface area (Å²) in [5.41, 5.74) is 4.22. The molecule has 3 aromatic rings. The fourth-order valence-corrected chi connectivity index (χ4v) is 4.09. The van der Waals surface area contributed by atoms with Gasteiger partial charge in [-0.2, -0.15) is 5.10 Å². The molecule has 2 aromatic heterocycles. The van der Waals surface area contributed by atoms with E-state index in [2.05, 4.69) is 10.1 Å². The van der Waals surface area contributed by atoms with Crippen molar-refractivity contribution in [3.05, 3.63) is 64.6 Å². The van der Waals surface area contributed by atoms with Crippen molar-refractivity contribution in [2.24, 2.45) is 5.92 Å². The molecule has 2 atom stereocenters. The Morgan fingerprint density at radius 3 is 2.50 bits per heavy atom. The second kappa shape index (κ2) is 6.74. The average molecular weight is 378 g/mol. The first-order valence-electron chi connectivity index (χ1n) is 9.27. The number of carbonyl (C=O) groups is 2. The minimum absolute atomic E-state index is 0.176. The van der Waals surface area contributed by atoms with Crippen LogP contribution in [0.2, 0.25) is 0 Å². The second-order valence-electron chi connectivity index (χ2n) is 7.41. The number of nitrogens with zero attached hydrogens (tertiary/aromatic N) is 4. The van der Waals surface area contributed by atoms with Gasteiger partial charge in [0, 0.05) is 30.4 Å². The molecule has 3 heterocycles. The van der Waals surface area contributed by atoms with Crippen LogP contribution < -0.4 is 0 Å². The van der Waals surface area contributed by atoms with Crippen molar-refractivity contribution in [2.45, 2.75) is 26.7 Å². The summed E-state index contributed by atoms with van der Waals surface area (Å²) in [6.07, 6.45) is 0. The van der Waals surface area contributed by atoms with Gasteiger partial charge < -0.3 is 10.0 Å². The molecule has 0 radical (unpaired) electrons. The summed E-state index contributed by atoms with van der Waals surface area (Å²) in [4.78, 5) is 31.3. The molecule has 144 valence electrons. The maximum absolute atomic E-state index is 13.4. The number of aromatic nitrogens is 3. The standard InChI is InChI=1S/C21H22N4O3/c1-12-9-13(2)25-19(22-12)18(14(3)23-25)20(26)24-10-16(17(11-24)21(27)28)15-7-5-4-6-8-15/h4-9,16-17H,10-11H2,1-3H3,(H,27,28)/t16-,17-/m0/s1. The van der Waals surface area contributed by atoms with Gasteiger partial charge in [0.25, 0.3) is 5.91 Å². The van der Waals surface area contributed by atoms with Crippen molar-refractivity contribution in [3.8, 4) is 0 Å². The molecule has 0 bridgehead atoms. The molecule has 1 aliphatic heterocycles. The molecule has 1 aromatic carbocycles. The zero-order valence-corrected chi connectivity index (χ0v) is 16.1. The number of carboxylic acids is 1. The number of fused-ring (bicyclic) bond motifs is 1. The lowest BCUT2D eigenvalue weighted by molar-refractivity contribution is -0.141. The van der Waals surface area contributed by atoms with Crippen molar-refractivity contribution in [1.82, 2.24) is 19.5 Å². The fourth-order valence-electron chi connectivity index (χ4n) is 4.09. The van der Waals surface area contributed by atoms with E-state index in [0.717, 1.165) is 17.0 Å². The summed E-state index contributed by atoms with van der Waals surface area (Å²) in [5.74, 6) is -1.97. The van der Waals surface area contributed by atoms with Crippen molar-refractivity contribution in [1.29, 1.82) is 0 Å². The Kier molecular flexibility index (Phi) is 4.37. The maximum atomic E-state index is 13.4. The summed E-state index contributed by atoms with van der Waals surface area (Å²) in [7, 11) is 0. The van der Waals surface area contributed by atoms with Crippen LogP contribution in [0.5, 0.6) is 0 Å². The predicted molar refractivity (Wildman–Crippen MR) is 103 cm³/mol. The Labute approximate surface area is 162 Å². The molecule has 28 heavy (non-hydrogen) atoms. The number of likely N-dealkylation sites (tertiary alicyclic amines) is 1. The highest BCUT2D eigenvalue weighted by Crippen LogP contribution is 2.34. The molecule has 7 heteroatoms. The number of hydrogen-bond acceptors (Lipinski definition) is 4. The molecule has 1 aliphatic rings. The molecule has 1 saturated heterocycles. The largest absolute Gasteiger partial charge is 0.481 e. The number of carboxylic acid groups (broad SMARTS) is 1. The van der Waals surface area contributed by atoms with E-state index in [9.17, 15) is 14.7 Å². The van der Waals surface area contributed by atoms with E-state index < -0.39 is 11.9 Å². The van der Waals surface area contributed by atoms with Crippen molar-refractivity contribution in [3.63, 3.8) is 0 Å². The molecule has 1 amide bonds. The third-order valence-electron chi connectivity index (χ3n) is 5.44. The lowest BCUT2D eigenvalue weighted by Crippen LogP contribution is -2.30. The summed E-state index contributed by atoms with van der Waals surface area (Å²) in [5, 5.41) is 14.2. The number of amides is 1. The lowest BCUT2D eigenvalue weighted by Gasteiger charge is -2.16. The highest BCUT2D eigenvalue weighted by Gasteiger charge is 2.41. The van der Waals surface area contributed by atoms with Crippen LogP contribution in [0, 0.1) is 26.7 Å². The van der Waals surface area contributed by atoms with Gasteiger partial charge in [0.05, 0.1) is 11.6 Å². The Morgan fingerprint density at radius 2 is 1.82 bits per heavy atom. The van der Waals surface area contributed by atoms with Gasteiger partial charge >= 0.3 is 5.97 Å². The minimum atomic E-state index is -0.884. The van der Waals surface area contributed by atoms with E-state index in [1.165, 1.54) is 0 Å². The number of aryl methyl sites for hydroxylation is 3. The molecule has 0 aliphatic carbocycles. The van der Waals surface area contributed by atoms with Crippen LogP contribution in [0.4, 0.5) is 0 Å². The molecule has 1 fully saturated rings. The predicted octanol–water partition coefficient (Wildman–Crippen LogP) is 2.59. The Balaban J connectivity index is 1.72. The number of aliphatic carboxylic acids is 1. The van der Waals surface area contributed by atoms with Crippen molar-refractivity contribution < 1.29 is 14.7 Å². The number of benzene rings is 1. The van der Waals surface area contributed by atoms with Crippen LogP contribution in [-0.4, -0.2) is 49.6 Å². The SMILES string of the molecule is Cc1cc(C)n2nc(C)c(C(=O)N3C[C@H](C(=O)O)[C@H](c4ccccc4)C3)c2n1. The zero-order chi connectivity index (χ0) is 20.0. The maximum Gasteiger partial charge on any atom is 0.308 e. The molecule has 7 nitrogen and oxygen atoms in total. The summed E-state index contributed by atoms with van der Waals surface area (Å²) >= 11 is 0. The molecular formula is C21H22N4O3. The van der Waals surface area contributed by atoms with Crippen LogP contribution in [0.15, 0.2) is 36.4 Å². The number of rotatable bonds is 3. The molecule has 4 rings (SSSR count). The molecular weight excluding hydrogens is 356 g/mol. The normalized spacial score (nSPS) is 19.3. The number of hydrogen-bond donors (Lipinski definition) is 1. The van der Waals surface area contributed by atoms with Gasteiger partial charge in [-0.25, -0.2) is 9.50 Å². The average Bonchev–Trinajstić information content (AvgIpc) is 3.24. The van der Waals surface area contributed by atoms with E-state index >= 15 is 0 Å². The van der Waals surface area contributed by atoms with Gasteiger partial charge in [0.1, 0.15) is 5.56 Å². The van der Waals surface area contributed by atoms with Crippen molar-refractivity contribution >= 4 is 17.5 Å². The molecule has 1 N–H and O–H groups in total. The minimum Gasteiger partial charge on any atom is -0.481 e. The first-order chi connectivity index (χ1) is 13.4. The van der Waals surface area contributed by atoms with Crippen LogP contribution >= 0.6 is 0 Å². The van der Waals surface area contributed by atoms with Gasteiger partial charge in [-0.15, -0.1) is 0 Å². The van der Waals surface area contributed by atoms with Gasteiger partial charge in [-0.1, -0.05) is 30.3 Å². The van der Waals surface area contributed by atoms with E-state index in [1.54, 1.807) is 16.3 Å². The first kappa shape index (κ1) is 18.2. The third kappa shape index (κ3) is 2.93. The van der Waals surface area contributed by atoms with E-state index in [-0.39, 0.29) is 18.4 Å². The van der Waals surface area contributed by atoms with Gasteiger partial charge in [-0.05, 0) is 32.4 Å². The zero-order valence-electron chi connectivity index (χ0n) is 16.1. The van der Waals surface area contributed by atoms with E-state index in [1.807, 2.05) is 50.2 Å². The highest BCUT2D eigenvalue weighted by molar-refractivity contribution is 6.01. The van der Waals surface area contributed by atoms with E-state index in [0.29, 0.717) is 23.4 Å². The summed E-state index contributed by atoms with van der Waals surface area (Å²) in [6.45, 7) is 6.13. The quantitative estimate of drug-likeness (QED) is 0.757. The monoisotopic (exact) mass is 378 g/mol. The Bertz CT molecular complexity index is 1070. The van der Waals surface area contributed by atoms with Gasteiger partial charge in [0.2, 0.25) is 0 Å². The lowest BCUT2D eigenvalue weighted by atomic mass is 9.89. The van der Waals surface area contributed by atoms with Gasteiger partial charge in [0.15, 0.2) is 5.65 Å². The number of carbonyl (C=O) groups excluding carboxylic acids is 1. The highest BCUT2D eigenvalue weighted by atomic mass is 16.4. The second-order valence-corrected chi connectivity index (χ2v) is 7.41. The first-order valence-corrected chi connectivity index (χ1v) is 9.27. The van der Waals surface area contributed by atoms with Crippen LogP contribution in [0.25, 0.3) is 5.65 Å². The van der Waals surface area contributed by atoms with Crippen LogP contribution in [-0.2, 0) is 4.79 Å². The summed E-state index contributed by atoms with van der Waals surface area (Å²) < 4.78 is 1.68. The summed E-state index contributed by atoms with van der Waals surface area (Å²) in [6, 6.07) is 11.4. The van der Waals surface area contributed by atoms with E-state index in [4.69, 9.17) is 0 Å². The molecule has 0 unspecified atom stereocenters. The van der Waals surface area contributed by atoms with Gasteiger partial charge in [-0.3, -0.25) is 9.59 Å². The smallest absolute Gasteiger partial charge is 0.308 e. The third-order valence-corrected chi connectivity index (χ3v) is 5.44. The Hall–Kier alpha value is -3.22. The Morgan fingerprint density at radius 1 is 1.11 bits per heavy atom. The van der Waals surface area contributed by atoms with Crippen LogP contribution in [0.3, 0.4) is 0 Å². The topological polar surface area (TPSA) is 87.8 Å². The fraction of sp³-hybridized carbons (Fsp3) is 0.333. The molecule has 0 saturated carbocycles. The van der Waals surface area contributed by atoms with Crippen molar-refractivity contribution in [2.75, 3.05) is 13.1 Å².